The molecule has 0 aliphatic heterocycles. The van der Waals surface area contributed by atoms with E-state index >= 15 is 0 Å². The lowest BCUT2D eigenvalue weighted by molar-refractivity contribution is -0.137. The molecule has 0 saturated heterocycles. The van der Waals surface area contributed by atoms with E-state index in [4.69, 9.17) is 0 Å². The SMILES string of the molecule is CNS(=O)(=O)c1ccc(Nc2ccc(C(F)(F)F)cc2)c(C(=O)NCc2nc(C)cn2C)c1. The van der Waals surface area contributed by atoms with Gasteiger partial charge in [-0.3, -0.25) is 4.79 Å². The van der Waals surface area contributed by atoms with Gasteiger partial charge in [-0.25, -0.2) is 18.1 Å². The van der Waals surface area contributed by atoms with Crippen LogP contribution in [0.2, 0.25) is 0 Å². The first kappa shape index (κ1) is 24.3. The third-order valence-electron chi connectivity index (χ3n) is 4.81. The van der Waals surface area contributed by atoms with Crippen molar-refractivity contribution in [3.05, 3.63) is 71.3 Å². The standard InChI is InChI=1S/C21H22F3N5O3S/c1-13-12-29(3)19(27-13)11-26-20(30)17-10-16(33(31,32)25-2)8-9-18(17)28-15-6-4-14(5-7-15)21(22,23)24/h4-10,12,25,28H,11H2,1-3H3,(H,26,30). The van der Waals surface area contributed by atoms with Gasteiger partial charge in [0.05, 0.1) is 33.9 Å². The number of amides is 1. The van der Waals surface area contributed by atoms with Crippen molar-refractivity contribution < 1.29 is 26.4 Å². The number of aromatic nitrogens is 2. The molecule has 0 fully saturated rings. The smallest absolute Gasteiger partial charge is 0.355 e. The Labute approximate surface area is 188 Å². The third-order valence-corrected chi connectivity index (χ3v) is 6.22. The van der Waals surface area contributed by atoms with Gasteiger partial charge in [0.15, 0.2) is 0 Å². The van der Waals surface area contributed by atoms with Gasteiger partial charge >= 0.3 is 6.18 Å². The van der Waals surface area contributed by atoms with Crippen LogP contribution in [0.3, 0.4) is 0 Å². The number of anilines is 2. The Morgan fingerprint density at radius 3 is 2.33 bits per heavy atom. The first-order valence-electron chi connectivity index (χ1n) is 9.69. The summed E-state index contributed by atoms with van der Waals surface area (Å²) in [7, 11) is -0.816. The predicted octanol–water partition coefficient (Wildman–Crippen LogP) is 3.33. The van der Waals surface area contributed by atoms with E-state index in [1.165, 1.54) is 37.4 Å². The Hall–Kier alpha value is -3.38. The summed E-state index contributed by atoms with van der Waals surface area (Å²) in [5.74, 6) is 0.00955. The van der Waals surface area contributed by atoms with Crippen LogP contribution in [0.4, 0.5) is 24.5 Å². The minimum Gasteiger partial charge on any atom is -0.355 e. The summed E-state index contributed by atoms with van der Waals surface area (Å²) in [6.45, 7) is 1.90. The molecule has 12 heteroatoms. The number of rotatable bonds is 7. The Kier molecular flexibility index (Phi) is 6.79. The van der Waals surface area contributed by atoms with Crippen LogP contribution in [0, 0.1) is 6.92 Å². The summed E-state index contributed by atoms with van der Waals surface area (Å²) in [5, 5.41) is 5.57. The zero-order valence-corrected chi connectivity index (χ0v) is 18.8. The maximum Gasteiger partial charge on any atom is 0.416 e. The molecule has 3 aromatic rings. The Balaban J connectivity index is 1.92. The zero-order valence-electron chi connectivity index (χ0n) is 18.0. The van der Waals surface area contributed by atoms with Gasteiger partial charge in [-0.05, 0) is 56.4 Å². The van der Waals surface area contributed by atoms with E-state index < -0.39 is 27.7 Å². The van der Waals surface area contributed by atoms with Crippen LogP contribution < -0.4 is 15.4 Å². The molecule has 33 heavy (non-hydrogen) atoms. The van der Waals surface area contributed by atoms with Crippen molar-refractivity contribution in [3.63, 3.8) is 0 Å². The zero-order chi connectivity index (χ0) is 24.4. The monoisotopic (exact) mass is 481 g/mol. The topological polar surface area (TPSA) is 105 Å². The molecular weight excluding hydrogens is 459 g/mol. The second-order valence-electron chi connectivity index (χ2n) is 7.21. The molecule has 1 heterocycles. The van der Waals surface area contributed by atoms with Crippen molar-refractivity contribution in [3.8, 4) is 0 Å². The number of carbonyl (C=O) groups is 1. The minimum absolute atomic E-state index is 0.00264. The van der Waals surface area contributed by atoms with E-state index in [-0.39, 0.29) is 22.7 Å². The second kappa shape index (κ2) is 9.24. The normalized spacial score (nSPS) is 11.9. The number of carbonyl (C=O) groups excluding carboxylic acids is 1. The number of benzene rings is 2. The summed E-state index contributed by atoms with van der Waals surface area (Å²) in [4.78, 5) is 17.1. The van der Waals surface area contributed by atoms with Gasteiger partial charge in [-0.15, -0.1) is 0 Å². The number of alkyl halides is 3. The highest BCUT2D eigenvalue weighted by atomic mass is 32.2. The highest BCUT2D eigenvalue weighted by Gasteiger charge is 2.30. The highest BCUT2D eigenvalue weighted by molar-refractivity contribution is 7.89. The molecule has 3 rings (SSSR count). The summed E-state index contributed by atoms with van der Waals surface area (Å²) in [6.07, 6.45) is -2.69. The molecule has 0 spiro atoms. The Bertz CT molecular complexity index is 1270. The number of aryl methyl sites for hydroxylation is 2. The van der Waals surface area contributed by atoms with Gasteiger partial charge in [0.2, 0.25) is 10.0 Å². The fourth-order valence-corrected chi connectivity index (χ4v) is 3.84. The van der Waals surface area contributed by atoms with Crippen molar-refractivity contribution in [1.82, 2.24) is 19.6 Å². The number of hydrogen-bond donors (Lipinski definition) is 3. The van der Waals surface area contributed by atoms with E-state index in [0.717, 1.165) is 17.8 Å². The van der Waals surface area contributed by atoms with Crippen LogP contribution in [0.15, 0.2) is 53.6 Å². The van der Waals surface area contributed by atoms with Gasteiger partial charge < -0.3 is 15.2 Å². The largest absolute Gasteiger partial charge is 0.416 e. The molecule has 0 unspecified atom stereocenters. The van der Waals surface area contributed by atoms with Crippen LogP contribution in [0.5, 0.6) is 0 Å². The molecule has 2 aromatic carbocycles. The molecule has 0 atom stereocenters. The summed E-state index contributed by atoms with van der Waals surface area (Å²) in [6, 6.07) is 8.12. The molecule has 1 aromatic heterocycles. The molecule has 1 amide bonds. The molecule has 0 radical (unpaired) electrons. The molecule has 3 N–H and O–H groups in total. The summed E-state index contributed by atoms with van der Waals surface area (Å²) >= 11 is 0. The van der Waals surface area contributed by atoms with Gasteiger partial charge in [0.1, 0.15) is 5.82 Å². The lowest BCUT2D eigenvalue weighted by atomic mass is 10.1. The first-order valence-corrected chi connectivity index (χ1v) is 11.2. The van der Waals surface area contributed by atoms with Crippen LogP contribution >= 0.6 is 0 Å². The summed E-state index contributed by atoms with van der Waals surface area (Å²) in [5.41, 5.74) is 0.469. The Morgan fingerprint density at radius 2 is 1.79 bits per heavy atom. The maximum atomic E-state index is 12.9. The van der Waals surface area contributed by atoms with Crippen molar-refractivity contribution in [2.24, 2.45) is 7.05 Å². The molecule has 0 bridgehead atoms. The molecule has 0 saturated carbocycles. The number of halogens is 3. The van der Waals surface area contributed by atoms with Crippen LogP contribution in [0.25, 0.3) is 0 Å². The summed E-state index contributed by atoms with van der Waals surface area (Å²) < 4.78 is 66.8. The molecule has 8 nitrogen and oxygen atoms in total. The molecule has 0 aliphatic carbocycles. The van der Waals surface area contributed by atoms with Crippen molar-refractivity contribution in [1.29, 1.82) is 0 Å². The molecule has 0 aliphatic rings. The van der Waals surface area contributed by atoms with Gasteiger partial charge in [0, 0.05) is 18.9 Å². The van der Waals surface area contributed by atoms with Crippen LogP contribution in [-0.2, 0) is 29.8 Å². The number of sulfonamides is 1. The average molecular weight is 482 g/mol. The van der Waals surface area contributed by atoms with E-state index in [1.54, 1.807) is 17.8 Å². The van der Waals surface area contributed by atoms with E-state index in [2.05, 4.69) is 20.3 Å². The molecule has 176 valence electrons. The number of imidazole rings is 1. The van der Waals surface area contributed by atoms with Crippen molar-refractivity contribution in [2.75, 3.05) is 12.4 Å². The Morgan fingerprint density at radius 1 is 1.12 bits per heavy atom. The quantitative estimate of drug-likeness (QED) is 0.480. The number of hydrogen-bond acceptors (Lipinski definition) is 5. The predicted molar refractivity (Wildman–Crippen MR) is 117 cm³/mol. The third kappa shape index (κ3) is 5.71. The van der Waals surface area contributed by atoms with Crippen molar-refractivity contribution >= 4 is 27.3 Å². The van der Waals surface area contributed by atoms with E-state index in [0.29, 0.717) is 11.5 Å². The highest BCUT2D eigenvalue weighted by Crippen LogP contribution is 2.31. The van der Waals surface area contributed by atoms with Crippen molar-refractivity contribution in [2.45, 2.75) is 24.5 Å². The van der Waals surface area contributed by atoms with Gasteiger partial charge in [0.25, 0.3) is 5.91 Å². The van der Waals surface area contributed by atoms with Crippen LogP contribution in [-0.4, -0.2) is 30.9 Å². The minimum atomic E-state index is -4.48. The van der Waals surface area contributed by atoms with E-state index in [9.17, 15) is 26.4 Å². The average Bonchev–Trinajstić information content (AvgIpc) is 3.08. The van der Waals surface area contributed by atoms with E-state index in [1.807, 2.05) is 6.92 Å². The number of nitrogens with zero attached hydrogens (tertiary/aromatic N) is 2. The maximum absolute atomic E-state index is 12.9. The van der Waals surface area contributed by atoms with Crippen LogP contribution in [0.1, 0.15) is 27.4 Å². The fraction of sp³-hybridized carbons (Fsp3) is 0.238. The van der Waals surface area contributed by atoms with Gasteiger partial charge in [-0.1, -0.05) is 0 Å². The lowest BCUT2D eigenvalue weighted by Gasteiger charge is -2.15. The molecular formula is C21H22F3N5O3S. The lowest BCUT2D eigenvalue weighted by Crippen LogP contribution is -2.26. The second-order valence-corrected chi connectivity index (χ2v) is 9.09. The van der Waals surface area contributed by atoms with Gasteiger partial charge in [-0.2, -0.15) is 13.2 Å². The number of nitrogens with one attached hydrogen (secondary N) is 3. The fourth-order valence-electron chi connectivity index (χ4n) is 3.09. The first-order chi connectivity index (χ1) is 15.4.